The van der Waals surface area contributed by atoms with Crippen LogP contribution in [0.4, 0.5) is 0 Å². The predicted molar refractivity (Wildman–Crippen MR) is 75.7 cm³/mol. The van der Waals surface area contributed by atoms with E-state index < -0.39 is 23.5 Å². The molecule has 0 saturated heterocycles. The third-order valence-corrected chi connectivity index (χ3v) is 2.77. The maximum absolute atomic E-state index is 12.1. The molecule has 6 heteroatoms. The fourth-order valence-corrected chi connectivity index (χ4v) is 1.74. The molecular formula is C14H20ClNO4. The van der Waals surface area contributed by atoms with Gasteiger partial charge in [0.15, 0.2) is 0 Å². The largest absolute Gasteiger partial charge is 0.458 e. The van der Waals surface area contributed by atoms with Gasteiger partial charge in [-0.25, -0.2) is 4.79 Å². The van der Waals surface area contributed by atoms with Gasteiger partial charge in [-0.3, -0.25) is 4.79 Å². The summed E-state index contributed by atoms with van der Waals surface area (Å²) in [7, 11) is 0. The van der Waals surface area contributed by atoms with Crippen LogP contribution in [0.15, 0.2) is 16.7 Å². The van der Waals surface area contributed by atoms with Crippen molar-refractivity contribution in [1.82, 2.24) is 5.32 Å². The number of hydrogen-bond donors (Lipinski definition) is 1. The zero-order valence-electron chi connectivity index (χ0n) is 12.3. The molecule has 0 bridgehead atoms. The van der Waals surface area contributed by atoms with E-state index in [0.29, 0.717) is 0 Å². The highest BCUT2D eigenvalue weighted by Crippen LogP contribution is 2.18. The van der Waals surface area contributed by atoms with E-state index in [4.69, 9.17) is 20.8 Å². The van der Waals surface area contributed by atoms with Crippen molar-refractivity contribution < 1.29 is 18.7 Å². The van der Waals surface area contributed by atoms with E-state index in [1.807, 2.05) is 13.8 Å². The summed E-state index contributed by atoms with van der Waals surface area (Å²) >= 11 is 5.74. The van der Waals surface area contributed by atoms with Gasteiger partial charge in [-0.1, -0.05) is 13.8 Å². The van der Waals surface area contributed by atoms with Gasteiger partial charge in [0.25, 0.3) is 5.91 Å². The van der Waals surface area contributed by atoms with Gasteiger partial charge in [0.2, 0.25) is 5.22 Å². The van der Waals surface area contributed by atoms with E-state index in [1.165, 1.54) is 12.3 Å². The van der Waals surface area contributed by atoms with Crippen LogP contribution in [0.25, 0.3) is 0 Å². The second-order valence-electron chi connectivity index (χ2n) is 5.84. The molecule has 0 fully saturated rings. The van der Waals surface area contributed by atoms with E-state index >= 15 is 0 Å². The molecule has 0 aromatic carbocycles. The van der Waals surface area contributed by atoms with Crippen molar-refractivity contribution in [3.8, 4) is 0 Å². The van der Waals surface area contributed by atoms with Crippen molar-refractivity contribution in [2.75, 3.05) is 0 Å². The minimum atomic E-state index is -0.743. The molecule has 1 aromatic rings. The van der Waals surface area contributed by atoms with Crippen LogP contribution in [-0.2, 0) is 9.53 Å². The summed E-state index contributed by atoms with van der Waals surface area (Å²) in [6.45, 7) is 8.98. The first kappa shape index (κ1) is 16.6. The molecule has 112 valence electrons. The summed E-state index contributed by atoms with van der Waals surface area (Å²) < 4.78 is 10.2. The number of amides is 1. The summed E-state index contributed by atoms with van der Waals surface area (Å²) in [4.78, 5) is 24.1. The van der Waals surface area contributed by atoms with E-state index in [0.717, 1.165) is 0 Å². The van der Waals surface area contributed by atoms with Crippen molar-refractivity contribution in [3.05, 3.63) is 23.1 Å². The number of hydrogen-bond acceptors (Lipinski definition) is 4. The molecule has 1 heterocycles. The van der Waals surface area contributed by atoms with Gasteiger partial charge in [-0.15, -0.1) is 0 Å². The molecule has 0 spiro atoms. The average Bonchev–Trinajstić information content (AvgIpc) is 2.69. The molecule has 0 unspecified atom stereocenters. The van der Waals surface area contributed by atoms with Gasteiger partial charge >= 0.3 is 5.97 Å². The van der Waals surface area contributed by atoms with Crippen LogP contribution in [-0.4, -0.2) is 23.5 Å². The Hall–Kier alpha value is -1.49. The molecular weight excluding hydrogens is 282 g/mol. The van der Waals surface area contributed by atoms with Crippen molar-refractivity contribution >= 4 is 23.5 Å². The zero-order valence-corrected chi connectivity index (χ0v) is 13.1. The Kier molecular flexibility index (Phi) is 5.22. The van der Waals surface area contributed by atoms with Crippen molar-refractivity contribution in [2.45, 2.75) is 46.3 Å². The van der Waals surface area contributed by atoms with Gasteiger partial charge in [0.1, 0.15) is 11.6 Å². The Balaban J connectivity index is 2.81. The number of carbonyl (C=O) groups is 2. The van der Waals surface area contributed by atoms with Gasteiger partial charge in [0, 0.05) is 0 Å². The highest BCUT2D eigenvalue weighted by molar-refractivity contribution is 6.32. The topological polar surface area (TPSA) is 68.5 Å². The summed E-state index contributed by atoms with van der Waals surface area (Å²) in [6.07, 6.45) is 1.31. The second-order valence-corrected chi connectivity index (χ2v) is 6.18. The normalized spacial score (nSPS) is 13.2. The minimum absolute atomic E-state index is 0.00538. The smallest absolute Gasteiger partial charge is 0.329 e. The Morgan fingerprint density at radius 2 is 1.95 bits per heavy atom. The Morgan fingerprint density at radius 1 is 1.35 bits per heavy atom. The number of nitrogens with one attached hydrogen (secondary N) is 1. The first-order valence-electron chi connectivity index (χ1n) is 6.38. The number of ether oxygens (including phenoxy) is 1. The fourth-order valence-electron chi connectivity index (χ4n) is 1.54. The number of rotatable bonds is 4. The fraction of sp³-hybridized carbons (Fsp3) is 0.571. The summed E-state index contributed by atoms with van der Waals surface area (Å²) in [5, 5.41) is 2.62. The molecule has 0 aliphatic rings. The summed E-state index contributed by atoms with van der Waals surface area (Å²) in [5.41, 5.74) is -0.414. The van der Waals surface area contributed by atoms with E-state index in [9.17, 15) is 9.59 Å². The lowest BCUT2D eigenvalue weighted by Gasteiger charge is -2.26. The van der Waals surface area contributed by atoms with Crippen molar-refractivity contribution in [3.63, 3.8) is 0 Å². The lowest BCUT2D eigenvalue weighted by Crippen LogP contribution is -2.47. The van der Waals surface area contributed by atoms with Crippen LogP contribution in [0.2, 0.25) is 5.22 Å². The predicted octanol–water partition coefficient (Wildman–Crippen LogP) is 3.03. The Bertz CT molecular complexity index is 488. The molecule has 0 saturated carbocycles. The van der Waals surface area contributed by atoms with Crippen molar-refractivity contribution in [2.24, 2.45) is 5.92 Å². The Morgan fingerprint density at radius 3 is 2.35 bits per heavy atom. The Labute approximate surface area is 123 Å². The van der Waals surface area contributed by atoms with Gasteiger partial charge in [-0.2, -0.15) is 0 Å². The van der Waals surface area contributed by atoms with Gasteiger partial charge in [-0.05, 0) is 44.4 Å². The molecule has 20 heavy (non-hydrogen) atoms. The van der Waals surface area contributed by atoms with Crippen molar-refractivity contribution in [1.29, 1.82) is 0 Å². The van der Waals surface area contributed by atoms with E-state index in [1.54, 1.807) is 20.8 Å². The minimum Gasteiger partial charge on any atom is -0.458 e. The maximum Gasteiger partial charge on any atom is 0.329 e. The lowest BCUT2D eigenvalue weighted by molar-refractivity contribution is -0.158. The third-order valence-electron chi connectivity index (χ3n) is 2.48. The molecule has 1 aromatic heterocycles. The molecule has 1 rings (SSSR count). The van der Waals surface area contributed by atoms with Crippen LogP contribution in [0, 0.1) is 5.92 Å². The van der Waals surface area contributed by atoms with E-state index in [-0.39, 0.29) is 16.7 Å². The molecule has 0 aliphatic heterocycles. The second kappa shape index (κ2) is 6.31. The van der Waals surface area contributed by atoms with Crippen LogP contribution in [0.5, 0.6) is 0 Å². The number of furan rings is 1. The molecule has 0 aliphatic carbocycles. The number of carbonyl (C=O) groups excluding carboxylic acids is 2. The highest BCUT2D eigenvalue weighted by Gasteiger charge is 2.30. The van der Waals surface area contributed by atoms with E-state index in [2.05, 4.69) is 5.32 Å². The molecule has 1 amide bonds. The summed E-state index contributed by atoms with van der Waals surface area (Å²) in [6, 6.07) is 0.706. The molecule has 5 nitrogen and oxygen atoms in total. The number of esters is 1. The molecule has 1 atom stereocenters. The van der Waals surface area contributed by atoms with Crippen LogP contribution < -0.4 is 5.32 Å². The van der Waals surface area contributed by atoms with Crippen LogP contribution in [0.1, 0.15) is 45.0 Å². The first-order valence-corrected chi connectivity index (χ1v) is 6.76. The van der Waals surface area contributed by atoms with Gasteiger partial charge in [0.05, 0.1) is 11.8 Å². The molecule has 1 N–H and O–H groups in total. The number of halogens is 1. The SMILES string of the molecule is CC(C)[C@@H](NC(=O)c1ccoc1Cl)C(=O)OC(C)(C)C. The first-order chi connectivity index (χ1) is 9.11. The molecule has 0 radical (unpaired) electrons. The maximum atomic E-state index is 12.1. The standard InChI is InChI=1S/C14H20ClNO4/c1-8(2)10(13(18)20-14(3,4)5)16-12(17)9-6-7-19-11(9)15/h6-8,10H,1-5H3,(H,16,17)/t10-/m1/s1. The van der Waals surface area contributed by atoms with Crippen LogP contribution in [0.3, 0.4) is 0 Å². The quantitative estimate of drug-likeness (QED) is 0.868. The monoisotopic (exact) mass is 301 g/mol. The lowest BCUT2D eigenvalue weighted by atomic mass is 10.0. The third kappa shape index (κ3) is 4.56. The van der Waals surface area contributed by atoms with Crippen LogP contribution >= 0.6 is 11.6 Å². The zero-order chi connectivity index (χ0) is 15.5. The average molecular weight is 302 g/mol. The highest BCUT2D eigenvalue weighted by atomic mass is 35.5. The summed E-state index contributed by atoms with van der Waals surface area (Å²) in [5.74, 6) is -1.05. The van der Waals surface area contributed by atoms with Gasteiger partial charge < -0.3 is 14.5 Å².